The van der Waals surface area contributed by atoms with Gasteiger partial charge in [-0.15, -0.1) is 0 Å². The van der Waals surface area contributed by atoms with Crippen molar-refractivity contribution in [2.45, 2.75) is 31.2 Å². The summed E-state index contributed by atoms with van der Waals surface area (Å²) in [7, 11) is 1.52. The van der Waals surface area contributed by atoms with Crippen LogP contribution in [0.4, 0.5) is 18.0 Å². The maximum Gasteiger partial charge on any atom is 0.405 e. The average Bonchev–Trinajstić information content (AvgIpc) is 3.01. The van der Waals surface area contributed by atoms with E-state index in [0.717, 1.165) is 0 Å². The summed E-state index contributed by atoms with van der Waals surface area (Å²) in [5, 5.41) is 12.3. The van der Waals surface area contributed by atoms with Crippen molar-refractivity contribution in [2.75, 3.05) is 20.2 Å². The number of ether oxygens (including phenoxy) is 1. The minimum atomic E-state index is -4.46. The van der Waals surface area contributed by atoms with Crippen LogP contribution in [0.15, 0.2) is 24.3 Å². The molecular weight excluding hydrogens is 313 g/mol. The molecule has 1 saturated heterocycles. The fourth-order valence-electron chi connectivity index (χ4n) is 2.67. The maximum absolute atomic E-state index is 12.2. The fraction of sp³-hybridized carbons (Fsp3) is 0.533. The number of aliphatic hydroxyl groups excluding tert-OH is 1. The highest BCUT2D eigenvalue weighted by molar-refractivity contribution is 5.75. The Kier molecular flexibility index (Phi) is 5.35. The molecule has 1 aromatic carbocycles. The number of aliphatic hydroxyl groups is 1. The molecule has 23 heavy (non-hydrogen) atoms. The first kappa shape index (κ1) is 17.4. The van der Waals surface area contributed by atoms with Gasteiger partial charge in [-0.25, -0.2) is 4.79 Å². The van der Waals surface area contributed by atoms with Crippen LogP contribution in [0.3, 0.4) is 0 Å². The number of amides is 2. The molecule has 0 saturated carbocycles. The van der Waals surface area contributed by atoms with Gasteiger partial charge >= 0.3 is 12.2 Å². The molecule has 128 valence electrons. The molecule has 2 N–H and O–H groups in total. The molecule has 5 nitrogen and oxygen atoms in total. The molecule has 2 atom stereocenters. The lowest BCUT2D eigenvalue weighted by molar-refractivity contribution is -0.123. The third-order valence-electron chi connectivity index (χ3n) is 3.82. The van der Waals surface area contributed by atoms with Gasteiger partial charge in [-0.2, -0.15) is 13.2 Å². The molecule has 0 spiro atoms. The van der Waals surface area contributed by atoms with Crippen molar-refractivity contribution in [3.63, 3.8) is 0 Å². The van der Waals surface area contributed by atoms with Gasteiger partial charge in [-0.1, -0.05) is 12.1 Å². The van der Waals surface area contributed by atoms with Gasteiger partial charge < -0.3 is 20.1 Å². The molecule has 1 aromatic rings. The summed E-state index contributed by atoms with van der Waals surface area (Å²) in [4.78, 5) is 13.2. The largest absolute Gasteiger partial charge is 0.497 e. The second-order valence-corrected chi connectivity index (χ2v) is 5.39. The van der Waals surface area contributed by atoms with Crippen LogP contribution < -0.4 is 10.1 Å². The molecular formula is C15H19F3N2O3. The first-order valence-electron chi connectivity index (χ1n) is 7.25. The van der Waals surface area contributed by atoms with Gasteiger partial charge in [0.05, 0.1) is 19.3 Å². The summed E-state index contributed by atoms with van der Waals surface area (Å²) in [6, 6.07) is 5.36. The average molecular weight is 332 g/mol. The van der Waals surface area contributed by atoms with Crippen molar-refractivity contribution >= 4 is 6.03 Å². The lowest BCUT2D eigenvalue weighted by Gasteiger charge is -2.29. The molecule has 0 aromatic heterocycles. The van der Waals surface area contributed by atoms with E-state index in [0.29, 0.717) is 30.7 Å². The highest BCUT2D eigenvalue weighted by atomic mass is 19.4. The van der Waals surface area contributed by atoms with E-state index in [1.807, 2.05) is 5.32 Å². The minimum Gasteiger partial charge on any atom is -0.497 e. The number of alkyl halides is 3. The zero-order valence-corrected chi connectivity index (χ0v) is 12.6. The van der Waals surface area contributed by atoms with Crippen LogP contribution in [0.1, 0.15) is 24.5 Å². The number of halogens is 3. The number of nitrogens with zero attached hydrogens (tertiary/aromatic N) is 1. The molecule has 0 radical (unpaired) electrons. The van der Waals surface area contributed by atoms with E-state index in [2.05, 4.69) is 0 Å². The molecule has 8 heteroatoms. The highest BCUT2D eigenvalue weighted by Crippen LogP contribution is 2.30. The highest BCUT2D eigenvalue weighted by Gasteiger charge is 2.36. The van der Waals surface area contributed by atoms with Crippen LogP contribution in [0, 0.1) is 0 Å². The van der Waals surface area contributed by atoms with Gasteiger partial charge in [0.2, 0.25) is 0 Å². The number of carbonyl (C=O) groups excluding carboxylic acids is 1. The molecule has 1 fully saturated rings. The number of rotatable bonds is 4. The molecule has 0 unspecified atom stereocenters. The lowest BCUT2D eigenvalue weighted by Crippen LogP contribution is -2.47. The van der Waals surface area contributed by atoms with Crippen molar-refractivity contribution in [2.24, 2.45) is 0 Å². The Balaban J connectivity index is 2.03. The van der Waals surface area contributed by atoms with Gasteiger partial charge in [-0.05, 0) is 30.5 Å². The van der Waals surface area contributed by atoms with E-state index in [1.165, 1.54) is 12.0 Å². The van der Waals surface area contributed by atoms with E-state index >= 15 is 0 Å². The smallest absolute Gasteiger partial charge is 0.405 e. The third kappa shape index (κ3) is 4.51. The van der Waals surface area contributed by atoms with E-state index in [9.17, 15) is 23.1 Å². The summed E-state index contributed by atoms with van der Waals surface area (Å²) >= 11 is 0. The quantitative estimate of drug-likeness (QED) is 0.890. The number of hydrogen-bond donors (Lipinski definition) is 2. The Hall–Kier alpha value is -1.96. The Morgan fingerprint density at radius 2 is 2.09 bits per heavy atom. The SMILES string of the molecule is COc1ccc([C@@H](O)[C@@H]2CCCN2C(=O)NCC(F)(F)F)cc1. The van der Waals surface area contributed by atoms with Gasteiger partial charge in [0.25, 0.3) is 0 Å². The Morgan fingerprint density at radius 1 is 1.43 bits per heavy atom. The van der Waals surface area contributed by atoms with Crippen LogP contribution in [-0.2, 0) is 0 Å². The zero-order chi connectivity index (χ0) is 17.0. The van der Waals surface area contributed by atoms with Crippen LogP contribution >= 0.6 is 0 Å². The normalized spacial score (nSPS) is 19.5. The molecule has 0 bridgehead atoms. The maximum atomic E-state index is 12.2. The Morgan fingerprint density at radius 3 is 2.65 bits per heavy atom. The summed E-state index contributed by atoms with van der Waals surface area (Å²) in [5.41, 5.74) is 0.589. The van der Waals surface area contributed by atoms with Crippen LogP contribution in [0.2, 0.25) is 0 Å². The molecule has 1 aliphatic rings. The number of nitrogens with one attached hydrogen (secondary N) is 1. The molecule has 2 rings (SSSR count). The standard InChI is InChI=1S/C15H19F3N2O3/c1-23-11-6-4-10(5-7-11)13(21)12-3-2-8-20(12)14(22)19-9-15(16,17)18/h4-7,12-13,21H,2-3,8-9H2,1H3,(H,19,22)/t12-,13+/m0/s1. The molecule has 1 aliphatic heterocycles. The van der Waals surface area contributed by atoms with Gasteiger partial charge in [0, 0.05) is 6.54 Å². The van der Waals surface area contributed by atoms with Crippen LogP contribution in [0.5, 0.6) is 5.75 Å². The fourth-order valence-corrected chi connectivity index (χ4v) is 2.67. The Bertz CT molecular complexity index is 534. The molecule has 0 aliphatic carbocycles. The predicted molar refractivity (Wildman–Crippen MR) is 77.1 cm³/mol. The van der Waals surface area contributed by atoms with Crippen molar-refractivity contribution in [1.29, 1.82) is 0 Å². The van der Waals surface area contributed by atoms with Gasteiger partial charge in [0.15, 0.2) is 0 Å². The summed E-state index contributed by atoms with van der Waals surface area (Å²) in [5.74, 6) is 0.632. The van der Waals surface area contributed by atoms with Crippen molar-refractivity contribution < 1.29 is 27.8 Å². The molecule has 1 heterocycles. The van der Waals surface area contributed by atoms with Crippen molar-refractivity contribution in [3.05, 3.63) is 29.8 Å². The number of methoxy groups -OCH3 is 1. The number of hydrogen-bond acceptors (Lipinski definition) is 3. The van der Waals surface area contributed by atoms with Crippen molar-refractivity contribution in [3.8, 4) is 5.75 Å². The van der Waals surface area contributed by atoms with E-state index < -0.39 is 30.9 Å². The number of benzene rings is 1. The van der Waals surface area contributed by atoms with Crippen molar-refractivity contribution in [1.82, 2.24) is 10.2 Å². The second-order valence-electron chi connectivity index (χ2n) is 5.39. The summed E-state index contributed by atoms with van der Waals surface area (Å²) in [6.45, 7) is -1.06. The van der Waals surface area contributed by atoms with E-state index in [1.54, 1.807) is 24.3 Å². The molecule has 2 amide bonds. The monoisotopic (exact) mass is 332 g/mol. The lowest BCUT2D eigenvalue weighted by atomic mass is 10.0. The van der Waals surface area contributed by atoms with Crippen LogP contribution in [0.25, 0.3) is 0 Å². The third-order valence-corrected chi connectivity index (χ3v) is 3.82. The Labute approximate surface area is 132 Å². The predicted octanol–water partition coefficient (Wildman–Crippen LogP) is 2.46. The number of likely N-dealkylation sites (tertiary alicyclic amines) is 1. The van der Waals surface area contributed by atoms with E-state index in [4.69, 9.17) is 4.74 Å². The first-order chi connectivity index (χ1) is 10.8. The van der Waals surface area contributed by atoms with E-state index in [-0.39, 0.29) is 0 Å². The number of urea groups is 1. The summed E-state index contributed by atoms with van der Waals surface area (Å²) < 4.78 is 41.6. The summed E-state index contributed by atoms with van der Waals surface area (Å²) in [6.07, 6.45) is -4.25. The topological polar surface area (TPSA) is 61.8 Å². The number of carbonyl (C=O) groups is 1. The first-order valence-corrected chi connectivity index (χ1v) is 7.25. The zero-order valence-electron chi connectivity index (χ0n) is 12.6. The van der Waals surface area contributed by atoms with Gasteiger partial charge in [0.1, 0.15) is 12.3 Å². The van der Waals surface area contributed by atoms with Crippen LogP contribution in [-0.4, -0.2) is 48.5 Å². The van der Waals surface area contributed by atoms with Gasteiger partial charge in [-0.3, -0.25) is 0 Å². The second kappa shape index (κ2) is 7.08. The minimum absolute atomic E-state index is 0.321.